The molecule has 0 spiro atoms. The van der Waals surface area contributed by atoms with Crippen LogP contribution in [-0.2, 0) is 19.2 Å². The summed E-state index contributed by atoms with van der Waals surface area (Å²) in [5.74, 6) is -5.59. The monoisotopic (exact) mass is 612 g/mol. The number of hydrogen-bond acceptors (Lipinski definition) is 5. The Labute approximate surface area is 253 Å². The van der Waals surface area contributed by atoms with Crippen molar-refractivity contribution < 1.29 is 28.7 Å². The van der Waals surface area contributed by atoms with Gasteiger partial charge in [0, 0.05) is 11.5 Å². The average Bonchev–Trinajstić information content (AvgIpc) is 3.26. The van der Waals surface area contributed by atoms with Crippen molar-refractivity contribution in [3.63, 3.8) is 0 Å². The largest absolute Gasteiger partial charge is 0.507 e. The van der Waals surface area contributed by atoms with Gasteiger partial charge in [-0.25, -0.2) is 9.29 Å². The van der Waals surface area contributed by atoms with E-state index >= 15 is 0 Å². The first-order chi connectivity index (χ1) is 19.5. The minimum absolute atomic E-state index is 0.0868. The fourth-order valence-electron chi connectivity index (χ4n) is 7.59. The number of imide groups is 2. The maximum atomic E-state index is 14.4. The zero-order valence-electron chi connectivity index (χ0n) is 23.9. The number of allylic oxidation sites excluding steroid dienone is 2. The van der Waals surface area contributed by atoms with Gasteiger partial charge in [-0.05, 0) is 94.3 Å². The number of benzene rings is 2. The molecule has 4 aliphatic rings. The molecule has 0 radical (unpaired) electrons. The maximum Gasteiger partial charge on any atom is 0.258 e. The second kappa shape index (κ2) is 9.13. The van der Waals surface area contributed by atoms with Gasteiger partial charge in [-0.1, -0.05) is 23.8 Å². The van der Waals surface area contributed by atoms with Gasteiger partial charge in [0.2, 0.25) is 11.8 Å². The predicted octanol–water partition coefficient (Wildman–Crippen LogP) is 5.51. The van der Waals surface area contributed by atoms with Crippen LogP contribution in [-0.4, -0.2) is 48.9 Å². The highest BCUT2D eigenvalue weighted by molar-refractivity contribution is 6.58. The van der Waals surface area contributed by atoms with Crippen LogP contribution in [0.1, 0.15) is 56.2 Å². The molecule has 6 atom stereocenters. The zero-order chi connectivity index (χ0) is 30.7. The van der Waals surface area contributed by atoms with Gasteiger partial charge in [0.05, 0.1) is 17.5 Å². The summed E-state index contributed by atoms with van der Waals surface area (Å²) in [6.45, 7) is 8.84. The van der Waals surface area contributed by atoms with E-state index in [0.29, 0.717) is 22.3 Å². The summed E-state index contributed by atoms with van der Waals surface area (Å²) in [7, 11) is 0. The molecule has 2 aromatic rings. The molecule has 2 aliphatic carbocycles. The normalized spacial score (nSPS) is 32.6. The lowest BCUT2D eigenvalue weighted by Crippen LogP contribution is -2.60. The van der Waals surface area contributed by atoms with E-state index in [2.05, 4.69) is 0 Å². The Bertz CT molecular complexity index is 1590. The Hall–Kier alpha value is -3.23. The lowest BCUT2D eigenvalue weighted by atomic mass is 9.56. The zero-order valence-corrected chi connectivity index (χ0v) is 25.4. The number of nitrogens with zero attached hydrogens (tertiary/aromatic N) is 2. The molecule has 4 amide bonds. The van der Waals surface area contributed by atoms with Crippen LogP contribution in [0.3, 0.4) is 0 Å². The van der Waals surface area contributed by atoms with E-state index in [9.17, 15) is 28.7 Å². The number of aryl methyl sites for hydroxylation is 2. The van der Waals surface area contributed by atoms with Gasteiger partial charge in [-0.3, -0.25) is 24.1 Å². The van der Waals surface area contributed by atoms with Crippen molar-refractivity contribution in [2.45, 2.75) is 68.7 Å². The van der Waals surface area contributed by atoms with Gasteiger partial charge >= 0.3 is 0 Å². The summed E-state index contributed by atoms with van der Waals surface area (Å²) in [5, 5.41) is 10.5. The highest BCUT2D eigenvalue weighted by atomic mass is 35.5. The number of carbonyl (C=O) groups is 4. The number of anilines is 1. The van der Waals surface area contributed by atoms with Crippen LogP contribution in [0.25, 0.3) is 0 Å². The third kappa shape index (κ3) is 3.63. The molecule has 0 aromatic heterocycles. The summed E-state index contributed by atoms with van der Waals surface area (Å²) in [6.07, 6.45) is 2.01. The fraction of sp³-hybridized carbons (Fsp3) is 0.438. The molecule has 0 unspecified atom stereocenters. The van der Waals surface area contributed by atoms with E-state index in [1.807, 2.05) is 6.08 Å². The van der Waals surface area contributed by atoms with Crippen molar-refractivity contribution in [3.05, 3.63) is 70.6 Å². The van der Waals surface area contributed by atoms with Crippen molar-refractivity contribution >= 4 is 52.5 Å². The molecule has 2 saturated heterocycles. The predicted molar refractivity (Wildman–Crippen MR) is 156 cm³/mol. The summed E-state index contributed by atoms with van der Waals surface area (Å²) in [4.78, 5) is 54.3. The average molecular weight is 614 g/mol. The van der Waals surface area contributed by atoms with Gasteiger partial charge in [-0.2, -0.15) is 0 Å². The Balaban J connectivity index is 1.58. The van der Waals surface area contributed by atoms with Crippen LogP contribution >= 0.6 is 23.2 Å². The second-order valence-corrected chi connectivity index (χ2v) is 14.2. The van der Waals surface area contributed by atoms with Crippen LogP contribution in [0.5, 0.6) is 5.75 Å². The Morgan fingerprint density at radius 1 is 0.929 bits per heavy atom. The van der Waals surface area contributed by atoms with Crippen molar-refractivity contribution in [2.24, 2.45) is 17.8 Å². The quantitative estimate of drug-likeness (QED) is 0.274. The Morgan fingerprint density at radius 2 is 1.52 bits per heavy atom. The van der Waals surface area contributed by atoms with Crippen LogP contribution in [0.15, 0.2) is 48.0 Å². The molecule has 42 heavy (non-hydrogen) atoms. The third-order valence-corrected chi connectivity index (χ3v) is 10.8. The molecular formula is C32H31Cl2FN2O5. The maximum absolute atomic E-state index is 14.4. The minimum atomic E-state index is -2.01. The molecule has 2 heterocycles. The molecule has 10 heteroatoms. The molecule has 7 nitrogen and oxygen atoms in total. The van der Waals surface area contributed by atoms with Gasteiger partial charge < -0.3 is 5.11 Å². The van der Waals surface area contributed by atoms with E-state index in [1.54, 1.807) is 46.8 Å². The number of halogens is 3. The number of alkyl halides is 2. The number of aromatic hydroxyl groups is 1. The summed E-state index contributed by atoms with van der Waals surface area (Å²) in [5.41, 5.74) is 1.69. The van der Waals surface area contributed by atoms with E-state index < -0.39 is 56.6 Å². The third-order valence-electron chi connectivity index (χ3n) is 9.41. The van der Waals surface area contributed by atoms with Gasteiger partial charge in [0.25, 0.3) is 11.8 Å². The van der Waals surface area contributed by atoms with Crippen LogP contribution in [0, 0.1) is 37.4 Å². The topological polar surface area (TPSA) is 95.0 Å². The van der Waals surface area contributed by atoms with E-state index in [0.717, 1.165) is 17.0 Å². The smallest absolute Gasteiger partial charge is 0.258 e. The van der Waals surface area contributed by atoms with E-state index in [-0.39, 0.29) is 36.1 Å². The van der Waals surface area contributed by atoms with E-state index in [4.69, 9.17) is 23.2 Å². The molecule has 3 fully saturated rings. The van der Waals surface area contributed by atoms with Crippen molar-refractivity contribution in [3.8, 4) is 5.75 Å². The first-order valence-electron chi connectivity index (χ1n) is 13.9. The second-order valence-electron chi connectivity index (χ2n) is 12.9. The number of fused-ring (bicyclic) bond motifs is 4. The minimum Gasteiger partial charge on any atom is -0.507 e. The number of phenolic OH excluding ortho intramolecular Hbond substituents is 1. The van der Waals surface area contributed by atoms with E-state index in [1.165, 1.54) is 17.0 Å². The SMILES string of the molecule is Cc1cc([C@H]2C3=CC[C@@H]4C(=O)N(C(C)(C)C)C(=O)[C@@H]4[C@@H]3C[C@@]3(Cl)C(=O)N(c4ccc(F)cc4)C(=O)[C@@]23Cl)cc(C)c1O. The number of likely N-dealkylation sites (tertiary alicyclic amines) is 1. The Kier molecular flexibility index (Phi) is 6.28. The van der Waals surface area contributed by atoms with Gasteiger partial charge in [0.1, 0.15) is 11.6 Å². The van der Waals surface area contributed by atoms with Crippen LogP contribution < -0.4 is 4.90 Å². The standard InChI is InChI=1S/C32H31Cl2FN2O5/c1-15-12-17(13-16(2)25(15)38)24-20-10-11-21-23(27(40)37(26(21)39)30(3,4)5)22(20)14-31(33)28(41)36(29(42)32(24,31)34)19-8-6-18(35)7-9-19/h6-10,12-13,21-24,38H,11,14H2,1-5H3/t21-,22+,23-,24-,31+,32-/m0/s1. The summed E-state index contributed by atoms with van der Waals surface area (Å²) < 4.78 is 13.8. The molecule has 6 rings (SSSR count). The molecular weight excluding hydrogens is 582 g/mol. The number of rotatable bonds is 2. The first kappa shape index (κ1) is 28.9. The molecule has 1 saturated carbocycles. The van der Waals surface area contributed by atoms with Crippen molar-refractivity contribution in [2.75, 3.05) is 4.90 Å². The highest BCUT2D eigenvalue weighted by Crippen LogP contribution is 2.66. The highest BCUT2D eigenvalue weighted by Gasteiger charge is 2.76. The van der Waals surface area contributed by atoms with Gasteiger partial charge in [0.15, 0.2) is 9.75 Å². The molecule has 2 aromatic carbocycles. The Morgan fingerprint density at radius 3 is 2.10 bits per heavy atom. The number of amides is 4. The molecule has 0 bridgehead atoms. The van der Waals surface area contributed by atoms with Crippen LogP contribution in [0.4, 0.5) is 10.1 Å². The van der Waals surface area contributed by atoms with Gasteiger partial charge in [-0.15, -0.1) is 23.2 Å². The fourth-order valence-corrected chi connectivity index (χ4v) is 8.52. The summed E-state index contributed by atoms with van der Waals surface area (Å²) >= 11 is 14.7. The van der Waals surface area contributed by atoms with Crippen LogP contribution in [0.2, 0.25) is 0 Å². The number of carbonyl (C=O) groups excluding carboxylic acids is 4. The first-order valence-corrected chi connectivity index (χ1v) is 14.7. The lowest BCUT2D eigenvalue weighted by molar-refractivity contribution is -0.145. The molecule has 220 valence electrons. The number of phenols is 1. The van der Waals surface area contributed by atoms with Crippen molar-refractivity contribution in [1.82, 2.24) is 4.90 Å². The lowest BCUT2D eigenvalue weighted by Gasteiger charge is -2.51. The number of hydrogen-bond donors (Lipinski definition) is 1. The molecule has 2 aliphatic heterocycles. The molecule has 1 N–H and O–H groups in total. The van der Waals surface area contributed by atoms with Crippen molar-refractivity contribution in [1.29, 1.82) is 0 Å². The summed E-state index contributed by atoms with van der Waals surface area (Å²) in [6, 6.07) is 8.34.